The number of quaternary nitrogens is 1. The lowest BCUT2D eigenvalue weighted by atomic mass is 9.78. The highest BCUT2D eigenvalue weighted by atomic mass is 35.6. The molecule has 0 spiro atoms. The topological polar surface area (TPSA) is 9.23 Å². The molecule has 0 aliphatic heterocycles. The predicted octanol–water partition coefficient (Wildman–Crippen LogP) is 4.59. The smallest absolute Gasteiger partial charge is 0.341 e. The maximum Gasteiger partial charge on any atom is 0.341 e. The Morgan fingerprint density at radius 2 is 1.46 bits per heavy atom. The van der Waals surface area contributed by atoms with Crippen LogP contribution in [0.2, 0.25) is 13.1 Å². The van der Waals surface area contributed by atoms with Crippen LogP contribution in [0.5, 0.6) is 5.75 Å². The van der Waals surface area contributed by atoms with E-state index in [1.807, 2.05) is 0 Å². The van der Waals surface area contributed by atoms with E-state index < -0.39 is 7.38 Å². The van der Waals surface area contributed by atoms with Crippen LogP contribution in [-0.4, -0.2) is 39.0 Å². The first kappa shape index (κ1) is 21.7. The largest absolute Gasteiger partial charge is 0.540 e. The van der Waals surface area contributed by atoms with Gasteiger partial charge in [0.15, 0.2) is 7.38 Å². The average molecular weight is 384 g/mol. The Labute approximate surface area is 158 Å². The Balaban J connectivity index is 4.21. The molecule has 1 aromatic rings. The van der Waals surface area contributed by atoms with Gasteiger partial charge < -0.3 is 4.43 Å². The molecule has 1 rings (SSSR count). The van der Waals surface area contributed by atoms with Gasteiger partial charge in [-0.1, -0.05) is 54.6 Å². The highest BCUT2D eigenvalue weighted by Crippen LogP contribution is 2.45. The second-order valence-electron chi connectivity index (χ2n) is 10.1. The van der Waals surface area contributed by atoms with Gasteiger partial charge in [0.1, 0.15) is 11.4 Å². The van der Waals surface area contributed by atoms with Crippen molar-refractivity contribution >= 4 is 39.8 Å². The summed E-state index contributed by atoms with van der Waals surface area (Å²) in [7, 11) is 7.91. The summed E-state index contributed by atoms with van der Waals surface area (Å²) in [4.78, 5) is 0. The molecule has 0 unspecified atom stereocenters. The van der Waals surface area contributed by atoms with E-state index in [4.69, 9.17) is 15.5 Å². The predicted molar refractivity (Wildman–Crippen MR) is 113 cm³/mol. The van der Waals surface area contributed by atoms with Crippen molar-refractivity contribution in [1.29, 1.82) is 0 Å². The van der Waals surface area contributed by atoms with Crippen molar-refractivity contribution < 1.29 is 4.43 Å². The molecule has 135 valence electrons. The molecule has 3 radical (unpaired) electrons. The molecule has 0 aromatic heterocycles. The van der Waals surface area contributed by atoms with Crippen molar-refractivity contribution in [3.63, 3.8) is 0 Å². The van der Waals surface area contributed by atoms with E-state index in [1.165, 1.54) is 22.0 Å². The van der Waals surface area contributed by atoms with Crippen molar-refractivity contribution in [3.05, 3.63) is 17.2 Å². The number of nitrogens with zero attached hydrogens (tertiary/aromatic N) is 1. The molecule has 0 bridgehead atoms. The van der Waals surface area contributed by atoms with Crippen molar-refractivity contribution in [3.8, 4) is 5.75 Å². The minimum atomic E-state index is -2.06. The number of hydrogen-bond donors (Lipinski definition) is 0. The van der Waals surface area contributed by atoms with Crippen molar-refractivity contribution in [1.82, 2.24) is 4.48 Å². The van der Waals surface area contributed by atoms with Crippen LogP contribution in [0, 0.1) is 0 Å². The molecule has 0 amide bonds. The number of hydrogen-bond acceptors (Lipinski definition) is 1. The Morgan fingerprint density at radius 1 is 1.00 bits per heavy atom. The highest BCUT2D eigenvalue weighted by Gasteiger charge is 2.40. The molecule has 0 N–H and O–H groups in total. The molecule has 2 nitrogen and oxygen atoms in total. The van der Waals surface area contributed by atoms with E-state index in [-0.39, 0.29) is 10.8 Å². The summed E-state index contributed by atoms with van der Waals surface area (Å²) in [5.74, 6) is 0.938. The minimum absolute atomic E-state index is 0.0311. The van der Waals surface area contributed by atoms with Gasteiger partial charge in [0, 0.05) is 5.19 Å². The van der Waals surface area contributed by atoms with Crippen LogP contribution < -0.4 is 14.1 Å². The Bertz CT molecular complexity index is 615. The van der Waals surface area contributed by atoms with Crippen LogP contribution in [0.4, 0.5) is 5.69 Å². The monoisotopic (exact) mass is 383 g/mol. The number of rotatable bonds is 3. The van der Waals surface area contributed by atoms with Crippen LogP contribution >= 0.6 is 11.1 Å². The zero-order valence-electron chi connectivity index (χ0n) is 17.3. The van der Waals surface area contributed by atoms with Crippen molar-refractivity contribution in [2.75, 3.05) is 21.1 Å². The van der Waals surface area contributed by atoms with Gasteiger partial charge in [-0.3, -0.25) is 4.48 Å². The van der Waals surface area contributed by atoms with Crippen LogP contribution in [0.1, 0.15) is 52.7 Å². The van der Waals surface area contributed by atoms with E-state index >= 15 is 0 Å². The van der Waals surface area contributed by atoms with Gasteiger partial charge in [-0.15, -0.1) is 0 Å². The number of benzene rings is 1. The maximum absolute atomic E-state index is 6.99. The van der Waals surface area contributed by atoms with Crippen LogP contribution in [0.3, 0.4) is 0 Å². The zero-order valence-corrected chi connectivity index (χ0v) is 20.1. The fourth-order valence-corrected chi connectivity index (χ4v) is 5.32. The van der Waals surface area contributed by atoms with Gasteiger partial charge >= 0.3 is 10.5 Å². The summed E-state index contributed by atoms with van der Waals surface area (Å²) in [5.41, 5.74) is 3.64. The second-order valence-corrected chi connectivity index (χ2v) is 16.6. The molecule has 0 saturated heterocycles. The Kier molecular flexibility index (Phi) is 5.85. The molecule has 0 saturated carbocycles. The maximum atomic E-state index is 6.99. The minimum Gasteiger partial charge on any atom is -0.540 e. The lowest BCUT2D eigenvalue weighted by Gasteiger charge is -2.38. The van der Waals surface area contributed by atoms with Gasteiger partial charge in [0.25, 0.3) is 0 Å². The quantitative estimate of drug-likeness (QED) is 0.421. The Hall–Kier alpha value is -0.296. The van der Waals surface area contributed by atoms with E-state index in [0.29, 0.717) is 0 Å². The average Bonchev–Trinajstić information content (AvgIpc) is 2.31. The third-order valence-corrected chi connectivity index (χ3v) is 6.70. The normalized spacial score (nSPS) is 14.0. The van der Waals surface area contributed by atoms with Gasteiger partial charge in [-0.2, -0.15) is 11.1 Å². The Morgan fingerprint density at radius 3 is 1.71 bits per heavy atom. The van der Waals surface area contributed by atoms with Crippen molar-refractivity contribution in [2.45, 2.75) is 65.5 Å². The summed E-state index contributed by atoms with van der Waals surface area (Å²) in [6, 6.07) is 2.29. The molecule has 0 aliphatic carbocycles. The van der Waals surface area contributed by atoms with Gasteiger partial charge in [-0.05, 0) is 22.5 Å². The first-order chi connectivity index (χ1) is 10.4. The molecule has 24 heavy (non-hydrogen) atoms. The highest BCUT2D eigenvalue weighted by molar-refractivity contribution is 7.26. The molecule has 0 heterocycles. The lowest BCUT2D eigenvalue weighted by molar-refractivity contribution is 0.451. The van der Waals surface area contributed by atoms with Gasteiger partial charge in [0.05, 0.1) is 26.7 Å². The van der Waals surface area contributed by atoms with Crippen LogP contribution in [0.25, 0.3) is 0 Å². The lowest BCUT2D eigenvalue weighted by Crippen LogP contribution is -2.48. The van der Waals surface area contributed by atoms with E-state index in [0.717, 1.165) is 10.2 Å². The molecule has 0 fully saturated rings. The summed E-state index contributed by atoms with van der Waals surface area (Å²) in [6.45, 7) is 17.8. The van der Waals surface area contributed by atoms with Gasteiger partial charge in [0.2, 0.25) is 0 Å². The molecule has 5 heteroatoms. The summed E-state index contributed by atoms with van der Waals surface area (Å²) < 4.78 is 6.52. The van der Waals surface area contributed by atoms with E-state index in [2.05, 4.69) is 92.3 Å². The fraction of sp³-hybridized carbons (Fsp3) is 0.684. The van der Waals surface area contributed by atoms with Gasteiger partial charge in [-0.25, -0.2) is 0 Å². The van der Waals surface area contributed by atoms with E-state index in [9.17, 15) is 0 Å². The number of halogens is 1. The standard InChI is InChI=1S/C19H34ClNOSi2/c1-18(2,3)13-12-14(24(10,11)20)16(21(7,8)9)15(17(13)22-23)19(4,5)6/h12H,1-11H3/q+1. The van der Waals surface area contributed by atoms with Crippen LogP contribution in [0.15, 0.2) is 6.07 Å². The zero-order chi connectivity index (χ0) is 19.3. The van der Waals surface area contributed by atoms with E-state index in [1.54, 1.807) is 0 Å². The first-order valence-corrected chi connectivity index (χ1v) is 12.9. The molecule has 1 aromatic carbocycles. The second kappa shape index (κ2) is 6.46. The van der Waals surface area contributed by atoms with Crippen molar-refractivity contribution in [2.24, 2.45) is 0 Å². The third kappa shape index (κ3) is 4.45. The summed E-state index contributed by atoms with van der Waals surface area (Å²) in [5, 5.41) is 1.30. The summed E-state index contributed by atoms with van der Waals surface area (Å²) in [6.07, 6.45) is 0. The SMILES string of the molecule is CC(C)(C)c1cc([Si](C)(C)Cl)c([N+](C)(C)C)c(C(C)(C)C)c1O[Si]. The van der Waals surface area contributed by atoms with Crippen LogP contribution in [-0.2, 0) is 10.8 Å². The third-order valence-electron chi connectivity index (χ3n) is 4.22. The molecular formula is C19H34ClNOSi2+. The first-order valence-electron chi connectivity index (χ1n) is 8.49. The summed E-state index contributed by atoms with van der Waals surface area (Å²) >= 11 is 6.99. The molecular weight excluding hydrogens is 350 g/mol. The fourth-order valence-electron chi connectivity index (χ4n) is 3.16. The molecule has 0 atom stereocenters. The molecule has 0 aliphatic rings.